The zero-order valence-electron chi connectivity index (χ0n) is 10.3. The highest BCUT2D eigenvalue weighted by Gasteiger charge is 2.15. The highest BCUT2D eigenvalue weighted by molar-refractivity contribution is 5.48. The minimum atomic E-state index is -0.479. The minimum absolute atomic E-state index is 0.0746. The molecule has 2 N–H and O–H groups in total. The number of rotatable bonds is 5. The van der Waals surface area contributed by atoms with E-state index in [9.17, 15) is 10.1 Å². The Morgan fingerprint density at radius 2 is 2.32 bits per heavy atom. The molecule has 8 nitrogen and oxygen atoms in total. The summed E-state index contributed by atoms with van der Waals surface area (Å²) in [5.41, 5.74) is 6.18. The van der Waals surface area contributed by atoms with E-state index in [4.69, 9.17) is 10.5 Å². The molecule has 0 saturated heterocycles. The van der Waals surface area contributed by atoms with Gasteiger partial charge in [-0.25, -0.2) is 9.67 Å². The predicted molar refractivity (Wildman–Crippen MR) is 66.7 cm³/mol. The van der Waals surface area contributed by atoms with Crippen molar-refractivity contribution >= 4 is 5.69 Å². The number of methoxy groups -OCH3 is 1. The molecule has 0 fully saturated rings. The molecule has 2 aromatic rings. The van der Waals surface area contributed by atoms with Crippen molar-refractivity contribution in [2.24, 2.45) is 5.73 Å². The largest absolute Gasteiger partial charge is 0.490 e. The molecule has 1 heterocycles. The van der Waals surface area contributed by atoms with Crippen molar-refractivity contribution in [1.82, 2.24) is 14.8 Å². The van der Waals surface area contributed by atoms with Gasteiger partial charge in [-0.15, -0.1) is 0 Å². The van der Waals surface area contributed by atoms with Gasteiger partial charge in [0.15, 0.2) is 5.75 Å². The lowest BCUT2D eigenvalue weighted by Gasteiger charge is -2.06. The Balaban J connectivity index is 2.31. The Morgan fingerprint density at radius 3 is 2.95 bits per heavy atom. The van der Waals surface area contributed by atoms with Crippen molar-refractivity contribution in [3.63, 3.8) is 0 Å². The minimum Gasteiger partial charge on any atom is -0.490 e. The van der Waals surface area contributed by atoms with E-state index in [1.165, 1.54) is 19.5 Å². The lowest BCUT2D eigenvalue weighted by Crippen LogP contribution is -2.11. The molecule has 0 spiro atoms. The van der Waals surface area contributed by atoms with Gasteiger partial charge < -0.3 is 10.5 Å². The topological polar surface area (TPSA) is 109 Å². The van der Waals surface area contributed by atoms with Crippen LogP contribution >= 0.6 is 0 Å². The number of nitrogens with two attached hydrogens (primary N) is 1. The molecule has 19 heavy (non-hydrogen) atoms. The van der Waals surface area contributed by atoms with Gasteiger partial charge in [-0.05, 0) is 11.6 Å². The van der Waals surface area contributed by atoms with Crippen molar-refractivity contribution in [3.8, 4) is 5.75 Å². The lowest BCUT2D eigenvalue weighted by atomic mass is 10.2. The average Bonchev–Trinajstić information content (AvgIpc) is 2.85. The fraction of sp³-hybridized carbons (Fsp3) is 0.273. The summed E-state index contributed by atoms with van der Waals surface area (Å²) >= 11 is 0. The summed E-state index contributed by atoms with van der Waals surface area (Å²) in [4.78, 5) is 14.4. The van der Waals surface area contributed by atoms with Crippen LogP contribution in [0.4, 0.5) is 5.69 Å². The number of benzene rings is 1. The Morgan fingerprint density at radius 1 is 1.53 bits per heavy atom. The maximum Gasteiger partial charge on any atom is 0.311 e. The van der Waals surface area contributed by atoms with Crippen LogP contribution < -0.4 is 10.5 Å². The van der Waals surface area contributed by atoms with Crippen LogP contribution in [-0.4, -0.2) is 26.8 Å². The number of nitrogens with zero attached hydrogens (tertiary/aromatic N) is 4. The molecule has 0 aliphatic carbocycles. The second-order valence-corrected chi connectivity index (χ2v) is 3.80. The third-order valence-electron chi connectivity index (χ3n) is 2.65. The molecule has 100 valence electrons. The zero-order chi connectivity index (χ0) is 13.8. The third-order valence-corrected chi connectivity index (χ3v) is 2.65. The van der Waals surface area contributed by atoms with E-state index in [0.29, 0.717) is 12.4 Å². The van der Waals surface area contributed by atoms with Gasteiger partial charge in [-0.2, -0.15) is 5.10 Å². The number of ether oxygens (including phenoxy) is 1. The van der Waals surface area contributed by atoms with E-state index in [1.54, 1.807) is 16.8 Å². The first kappa shape index (κ1) is 13.0. The summed E-state index contributed by atoms with van der Waals surface area (Å²) in [7, 11) is 1.39. The molecule has 0 aliphatic rings. The van der Waals surface area contributed by atoms with Crippen LogP contribution in [0.15, 0.2) is 24.5 Å². The van der Waals surface area contributed by atoms with Gasteiger partial charge in [-0.1, -0.05) is 6.07 Å². The Hall–Kier alpha value is -2.48. The van der Waals surface area contributed by atoms with Crippen molar-refractivity contribution in [3.05, 3.63) is 46.0 Å². The molecule has 8 heteroatoms. The van der Waals surface area contributed by atoms with Crippen LogP contribution in [0.1, 0.15) is 11.4 Å². The Bertz CT molecular complexity index is 596. The Kier molecular flexibility index (Phi) is 3.71. The second-order valence-electron chi connectivity index (χ2n) is 3.80. The molecule has 2 rings (SSSR count). The van der Waals surface area contributed by atoms with Gasteiger partial charge in [0.25, 0.3) is 0 Å². The fourth-order valence-electron chi connectivity index (χ4n) is 1.73. The lowest BCUT2D eigenvalue weighted by molar-refractivity contribution is -0.385. The molecule has 0 bridgehead atoms. The standard InChI is InChI=1S/C11H13N5O3/c1-19-10-3-2-8(4-9(10)16(17)18)6-15-11(5-12)13-7-14-15/h2-4,7H,5-6,12H2,1H3. The van der Waals surface area contributed by atoms with E-state index in [2.05, 4.69) is 10.1 Å². The maximum atomic E-state index is 10.9. The summed E-state index contributed by atoms with van der Waals surface area (Å²) in [6, 6.07) is 4.77. The smallest absolute Gasteiger partial charge is 0.311 e. The monoisotopic (exact) mass is 263 g/mol. The fourth-order valence-corrected chi connectivity index (χ4v) is 1.73. The van der Waals surface area contributed by atoms with Crippen LogP contribution in [0.25, 0.3) is 0 Å². The van der Waals surface area contributed by atoms with Gasteiger partial charge in [-0.3, -0.25) is 10.1 Å². The summed E-state index contributed by atoms with van der Waals surface area (Å²) in [5, 5.41) is 15.0. The first-order chi connectivity index (χ1) is 9.15. The molecule has 0 atom stereocenters. The van der Waals surface area contributed by atoms with Crippen molar-refractivity contribution in [2.45, 2.75) is 13.1 Å². The van der Waals surface area contributed by atoms with Crippen molar-refractivity contribution in [2.75, 3.05) is 7.11 Å². The van der Waals surface area contributed by atoms with E-state index in [-0.39, 0.29) is 18.0 Å². The van der Waals surface area contributed by atoms with Crippen LogP contribution in [-0.2, 0) is 13.1 Å². The first-order valence-corrected chi connectivity index (χ1v) is 5.53. The molecule has 0 aliphatic heterocycles. The summed E-state index contributed by atoms with van der Waals surface area (Å²) in [6.07, 6.45) is 1.40. The van der Waals surface area contributed by atoms with Crippen LogP contribution in [0.5, 0.6) is 5.75 Å². The van der Waals surface area contributed by atoms with Gasteiger partial charge in [0.05, 0.1) is 25.1 Å². The number of hydrogen-bond donors (Lipinski definition) is 1. The zero-order valence-corrected chi connectivity index (χ0v) is 10.3. The molecule has 0 radical (unpaired) electrons. The molecule has 0 saturated carbocycles. The number of nitro benzene ring substituents is 1. The highest BCUT2D eigenvalue weighted by Crippen LogP contribution is 2.27. The first-order valence-electron chi connectivity index (χ1n) is 5.53. The number of hydrogen-bond acceptors (Lipinski definition) is 6. The predicted octanol–water partition coefficient (Wildman–Crippen LogP) is 0.702. The second kappa shape index (κ2) is 5.44. The van der Waals surface area contributed by atoms with Crippen molar-refractivity contribution < 1.29 is 9.66 Å². The molecule has 1 aromatic carbocycles. The van der Waals surface area contributed by atoms with E-state index >= 15 is 0 Å². The Labute approximate surface area is 109 Å². The molecular weight excluding hydrogens is 250 g/mol. The van der Waals surface area contributed by atoms with E-state index < -0.39 is 4.92 Å². The van der Waals surface area contributed by atoms with Crippen LogP contribution in [0.3, 0.4) is 0 Å². The van der Waals surface area contributed by atoms with Gasteiger partial charge in [0, 0.05) is 6.07 Å². The number of nitro groups is 1. The number of aromatic nitrogens is 3. The average molecular weight is 263 g/mol. The maximum absolute atomic E-state index is 10.9. The van der Waals surface area contributed by atoms with E-state index in [0.717, 1.165) is 5.56 Å². The van der Waals surface area contributed by atoms with Crippen LogP contribution in [0.2, 0.25) is 0 Å². The third kappa shape index (κ3) is 2.68. The molecule has 1 aromatic heterocycles. The van der Waals surface area contributed by atoms with Gasteiger partial charge in [0.1, 0.15) is 12.2 Å². The summed E-state index contributed by atoms with van der Waals surface area (Å²) in [6.45, 7) is 0.635. The molecular formula is C11H13N5O3. The van der Waals surface area contributed by atoms with E-state index in [1.807, 2.05) is 0 Å². The van der Waals surface area contributed by atoms with Gasteiger partial charge >= 0.3 is 5.69 Å². The molecule has 0 unspecified atom stereocenters. The highest BCUT2D eigenvalue weighted by atomic mass is 16.6. The van der Waals surface area contributed by atoms with Crippen LogP contribution in [0, 0.1) is 10.1 Å². The summed E-state index contributed by atoms with van der Waals surface area (Å²) in [5.74, 6) is 0.852. The van der Waals surface area contributed by atoms with Gasteiger partial charge in [0.2, 0.25) is 0 Å². The van der Waals surface area contributed by atoms with Crippen molar-refractivity contribution in [1.29, 1.82) is 0 Å². The quantitative estimate of drug-likeness (QED) is 0.628. The summed E-state index contributed by atoms with van der Waals surface area (Å²) < 4.78 is 6.55. The normalized spacial score (nSPS) is 10.4. The SMILES string of the molecule is COc1ccc(Cn2ncnc2CN)cc1[N+](=O)[O-]. The molecule has 0 amide bonds.